The number of amides is 1. The van der Waals surface area contributed by atoms with Crippen LogP contribution in [0.4, 0.5) is 5.69 Å². The Morgan fingerprint density at radius 3 is 2.14 bits per heavy atom. The second kappa shape index (κ2) is 9.20. The number of ether oxygens (including phenoxy) is 1. The second-order valence-electron chi connectivity index (χ2n) is 6.95. The Morgan fingerprint density at radius 1 is 0.857 bits per heavy atom. The maximum atomic E-state index is 12.6. The van der Waals surface area contributed by atoms with Crippen LogP contribution in [0.5, 0.6) is 5.75 Å². The first-order valence-corrected chi connectivity index (χ1v) is 9.52. The maximum Gasteiger partial charge on any atom is 0.282 e. The highest BCUT2D eigenvalue weighted by Gasteiger charge is 2.21. The molecule has 144 valence electrons. The van der Waals surface area contributed by atoms with Crippen LogP contribution in [0.2, 0.25) is 0 Å². The summed E-state index contributed by atoms with van der Waals surface area (Å²) < 4.78 is 5.30. The van der Waals surface area contributed by atoms with Gasteiger partial charge in [-0.2, -0.15) is 0 Å². The Hall–Kier alpha value is -3.11. The van der Waals surface area contributed by atoms with E-state index in [9.17, 15) is 4.79 Å². The average molecular weight is 375 g/mol. The van der Waals surface area contributed by atoms with Gasteiger partial charge < -0.3 is 15.4 Å². The maximum absolute atomic E-state index is 12.6. The van der Waals surface area contributed by atoms with Crippen molar-refractivity contribution < 1.29 is 14.8 Å². The molecule has 3 N–H and O–H groups in total. The van der Waals surface area contributed by atoms with Gasteiger partial charge in [-0.1, -0.05) is 66.7 Å². The predicted octanol–water partition coefficient (Wildman–Crippen LogP) is 4.01. The van der Waals surface area contributed by atoms with Gasteiger partial charge in [-0.3, -0.25) is 4.79 Å². The number of quaternary nitrogens is 1. The fourth-order valence-electron chi connectivity index (χ4n) is 3.24. The number of para-hydroxylation sites is 2. The highest BCUT2D eigenvalue weighted by molar-refractivity contribution is 5.94. The summed E-state index contributed by atoms with van der Waals surface area (Å²) in [5, 5.41) is 5.03. The van der Waals surface area contributed by atoms with Gasteiger partial charge in [0.15, 0.2) is 6.04 Å². The third-order valence-electron chi connectivity index (χ3n) is 4.90. The average Bonchev–Trinajstić information content (AvgIpc) is 2.74. The summed E-state index contributed by atoms with van der Waals surface area (Å²) in [6.07, 6.45) is 0. The summed E-state index contributed by atoms with van der Waals surface area (Å²) in [5.74, 6) is 0.616. The molecule has 0 aromatic heterocycles. The van der Waals surface area contributed by atoms with E-state index in [0.29, 0.717) is 11.4 Å². The van der Waals surface area contributed by atoms with E-state index in [1.807, 2.05) is 49.4 Å². The van der Waals surface area contributed by atoms with Gasteiger partial charge in [0.25, 0.3) is 5.91 Å². The summed E-state index contributed by atoms with van der Waals surface area (Å²) in [4.78, 5) is 12.6. The molecule has 0 bridgehead atoms. The van der Waals surface area contributed by atoms with Crippen molar-refractivity contribution >= 4 is 11.6 Å². The third kappa shape index (κ3) is 4.78. The zero-order valence-electron chi connectivity index (χ0n) is 16.6. The number of hydrogen-bond acceptors (Lipinski definition) is 2. The van der Waals surface area contributed by atoms with Crippen molar-refractivity contribution in [2.75, 3.05) is 12.4 Å². The molecule has 3 rings (SSSR count). The molecule has 0 aliphatic heterocycles. The molecule has 0 aliphatic rings. The normalized spacial score (nSPS) is 12.8. The van der Waals surface area contributed by atoms with Crippen LogP contribution in [0.15, 0.2) is 78.9 Å². The second-order valence-corrected chi connectivity index (χ2v) is 6.95. The number of nitrogens with two attached hydrogens (primary N) is 1. The first kappa shape index (κ1) is 19.6. The molecule has 0 spiro atoms. The molecule has 3 aromatic carbocycles. The lowest BCUT2D eigenvalue weighted by Crippen LogP contribution is -2.91. The van der Waals surface area contributed by atoms with Gasteiger partial charge in [0.05, 0.1) is 12.8 Å². The van der Waals surface area contributed by atoms with E-state index in [4.69, 9.17) is 4.74 Å². The predicted molar refractivity (Wildman–Crippen MR) is 113 cm³/mol. The van der Waals surface area contributed by atoms with Gasteiger partial charge in [0.2, 0.25) is 0 Å². The minimum Gasteiger partial charge on any atom is -0.495 e. The van der Waals surface area contributed by atoms with Gasteiger partial charge in [-0.25, -0.2) is 0 Å². The summed E-state index contributed by atoms with van der Waals surface area (Å²) in [6, 6.07) is 26.2. The number of anilines is 1. The molecule has 4 nitrogen and oxygen atoms in total. The topological polar surface area (TPSA) is 54.9 Å². The largest absolute Gasteiger partial charge is 0.495 e. The van der Waals surface area contributed by atoms with Crippen LogP contribution in [0, 0.1) is 0 Å². The number of carbonyl (C=O) groups is 1. The smallest absolute Gasteiger partial charge is 0.282 e. The lowest BCUT2D eigenvalue weighted by Gasteiger charge is -2.18. The SMILES string of the molecule is COc1ccccc1NC(=O)[C@@H](C)[NH2+][C@@H](C)c1ccc(-c2ccccc2)cc1. The van der Waals surface area contributed by atoms with Crippen LogP contribution >= 0.6 is 0 Å². The van der Waals surface area contributed by atoms with Crippen molar-refractivity contribution in [3.8, 4) is 16.9 Å². The Bertz CT molecular complexity index is 907. The van der Waals surface area contributed by atoms with E-state index in [2.05, 4.69) is 54.0 Å². The quantitative estimate of drug-likeness (QED) is 0.655. The molecule has 0 aliphatic carbocycles. The van der Waals surface area contributed by atoms with Gasteiger partial charge in [0, 0.05) is 5.56 Å². The molecule has 28 heavy (non-hydrogen) atoms. The van der Waals surface area contributed by atoms with Crippen molar-refractivity contribution in [1.29, 1.82) is 0 Å². The number of nitrogens with one attached hydrogen (secondary N) is 1. The van der Waals surface area contributed by atoms with E-state index in [0.717, 1.165) is 0 Å². The van der Waals surface area contributed by atoms with E-state index in [1.165, 1.54) is 16.7 Å². The number of hydrogen-bond donors (Lipinski definition) is 2. The first-order chi connectivity index (χ1) is 13.6. The van der Waals surface area contributed by atoms with Gasteiger partial charge >= 0.3 is 0 Å². The number of carbonyl (C=O) groups excluding carboxylic acids is 1. The fraction of sp³-hybridized carbons (Fsp3) is 0.208. The van der Waals surface area contributed by atoms with Crippen LogP contribution in [0.1, 0.15) is 25.5 Å². The molecule has 1 amide bonds. The standard InChI is InChI=1S/C24H26N2O2/c1-17(19-13-15-21(16-14-19)20-9-5-4-6-10-20)25-18(2)24(27)26-22-11-7-8-12-23(22)28-3/h4-18,25H,1-3H3,(H,26,27)/p+1/t17-,18+/m0/s1. The molecule has 3 aromatic rings. The van der Waals surface area contributed by atoms with Crippen LogP contribution < -0.4 is 15.4 Å². The van der Waals surface area contributed by atoms with Crippen molar-refractivity contribution in [1.82, 2.24) is 0 Å². The summed E-state index contributed by atoms with van der Waals surface area (Å²) in [7, 11) is 1.60. The van der Waals surface area contributed by atoms with Gasteiger partial charge in [0.1, 0.15) is 11.8 Å². The summed E-state index contributed by atoms with van der Waals surface area (Å²) in [5.41, 5.74) is 4.28. The first-order valence-electron chi connectivity index (χ1n) is 9.52. The zero-order chi connectivity index (χ0) is 19.9. The van der Waals surface area contributed by atoms with Crippen LogP contribution in [0.25, 0.3) is 11.1 Å². The molecule has 2 atom stereocenters. The molecular weight excluding hydrogens is 348 g/mol. The Balaban J connectivity index is 1.62. The number of benzene rings is 3. The van der Waals surface area contributed by atoms with Gasteiger partial charge in [-0.05, 0) is 37.1 Å². The molecule has 0 radical (unpaired) electrons. The highest BCUT2D eigenvalue weighted by Crippen LogP contribution is 2.23. The van der Waals surface area contributed by atoms with Gasteiger partial charge in [-0.15, -0.1) is 0 Å². The van der Waals surface area contributed by atoms with E-state index in [-0.39, 0.29) is 18.0 Å². The van der Waals surface area contributed by atoms with Crippen molar-refractivity contribution in [3.05, 3.63) is 84.4 Å². The minimum atomic E-state index is -0.228. The molecule has 0 unspecified atom stereocenters. The lowest BCUT2D eigenvalue weighted by molar-refractivity contribution is -0.709. The van der Waals surface area contributed by atoms with Crippen molar-refractivity contribution in [3.63, 3.8) is 0 Å². The highest BCUT2D eigenvalue weighted by atomic mass is 16.5. The van der Waals surface area contributed by atoms with Crippen LogP contribution in [-0.4, -0.2) is 19.1 Å². The van der Waals surface area contributed by atoms with Crippen LogP contribution in [0.3, 0.4) is 0 Å². The number of methoxy groups -OCH3 is 1. The van der Waals surface area contributed by atoms with E-state index >= 15 is 0 Å². The molecular formula is C24H27N2O2+. The van der Waals surface area contributed by atoms with Crippen molar-refractivity contribution in [2.24, 2.45) is 0 Å². The van der Waals surface area contributed by atoms with E-state index in [1.54, 1.807) is 7.11 Å². The van der Waals surface area contributed by atoms with Crippen LogP contribution in [-0.2, 0) is 4.79 Å². The summed E-state index contributed by atoms with van der Waals surface area (Å²) >= 11 is 0. The Morgan fingerprint density at radius 2 is 1.46 bits per heavy atom. The fourth-order valence-corrected chi connectivity index (χ4v) is 3.24. The minimum absolute atomic E-state index is 0.0442. The molecule has 0 saturated carbocycles. The number of rotatable bonds is 7. The zero-order valence-corrected chi connectivity index (χ0v) is 16.6. The Kier molecular flexibility index (Phi) is 6.45. The third-order valence-corrected chi connectivity index (χ3v) is 4.90. The van der Waals surface area contributed by atoms with E-state index < -0.39 is 0 Å². The monoisotopic (exact) mass is 375 g/mol. The van der Waals surface area contributed by atoms with Crippen molar-refractivity contribution in [2.45, 2.75) is 25.9 Å². The summed E-state index contributed by atoms with van der Waals surface area (Å²) in [6.45, 7) is 4.03. The Labute approximate surface area is 166 Å². The lowest BCUT2D eigenvalue weighted by atomic mass is 10.0. The molecule has 0 heterocycles. The molecule has 0 saturated heterocycles. The molecule has 0 fully saturated rings. The molecule has 4 heteroatoms.